The van der Waals surface area contributed by atoms with Crippen molar-refractivity contribution < 1.29 is 17.5 Å². The second-order valence-corrected chi connectivity index (χ2v) is 7.06. The Hall–Kier alpha value is -1.92. The summed E-state index contributed by atoms with van der Waals surface area (Å²) >= 11 is 0. The van der Waals surface area contributed by atoms with Crippen LogP contribution in [0.1, 0.15) is 11.1 Å². The lowest BCUT2D eigenvalue weighted by molar-refractivity contribution is 0.414. The van der Waals surface area contributed by atoms with Gasteiger partial charge in [-0.05, 0) is 35.4 Å². The van der Waals surface area contributed by atoms with Crippen molar-refractivity contribution in [2.24, 2.45) is 0 Å². The fraction of sp³-hybridized carbons (Fsp3) is 0.250. The fourth-order valence-electron chi connectivity index (χ4n) is 1.99. The molecule has 0 saturated heterocycles. The molecule has 4 nitrogen and oxygen atoms in total. The number of hydrogen-bond donors (Lipinski definition) is 0. The maximum atomic E-state index is 12.9. The molecule has 2 rings (SSSR count). The Morgan fingerprint density at radius 1 is 1.00 bits per heavy atom. The largest absolute Gasteiger partial charge is 0.497 e. The summed E-state index contributed by atoms with van der Waals surface area (Å²) in [4.78, 5) is 0. The van der Waals surface area contributed by atoms with Gasteiger partial charge in [0.15, 0.2) is 0 Å². The maximum absolute atomic E-state index is 12.9. The van der Waals surface area contributed by atoms with Crippen LogP contribution in [-0.4, -0.2) is 26.9 Å². The van der Waals surface area contributed by atoms with Crippen LogP contribution >= 0.6 is 0 Å². The van der Waals surface area contributed by atoms with E-state index in [1.807, 2.05) is 12.1 Å². The van der Waals surface area contributed by atoms with Crippen LogP contribution in [0.3, 0.4) is 0 Å². The monoisotopic (exact) mass is 323 g/mol. The number of rotatable bonds is 6. The number of sulfonamides is 1. The van der Waals surface area contributed by atoms with Crippen molar-refractivity contribution in [3.63, 3.8) is 0 Å². The smallest absolute Gasteiger partial charge is 0.218 e. The molecule has 2 aromatic carbocycles. The number of ether oxygens (including phenoxy) is 1. The van der Waals surface area contributed by atoms with Crippen molar-refractivity contribution in [3.05, 3.63) is 65.5 Å². The quantitative estimate of drug-likeness (QED) is 0.821. The molecular weight excluding hydrogens is 305 g/mol. The van der Waals surface area contributed by atoms with Crippen LogP contribution in [-0.2, 0) is 22.3 Å². The van der Waals surface area contributed by atoms with Gasteiger partial charge >= 0.3 is 0 Å². The summed E-state index contributed by atoms with van der Waals surface area (Å²) < 4.78 is 43.9. The van der Waals surface area contributed by atoms with E-state index < -0.39 is 10.0 Å². The van der Waals surface area contributed by atoms with Crippen molar-refractivity contribution in [2.75, 3.05) is 14.2 Å². The Morgan fingerprint density at radius 3 is 2.09 bits per heavy atom. The lowest BCUT2D eigenvalue weighted by Crippen LogP contribution is -2.27. The molecule has 0 aliphatic heterocycles. The Kier molecular flexibility index (Phi) is 5.15. The predicted molar refractivity (Wildman–Crippen MR) is 83.5 cm³/mol. The third-order valence-electron chi connectivity index (χ3n) is 3.30. The minimum atomic E-state index is -3.46. The van der Waals surface area contributed by atoms with E-state index in [0.29, 0.717) is 5.56 Å². The van der Waals surface area contributed by atoms with Gasteiger partial charge in [-0.1, -0.05) is 24.3 Å². The van der Waals surface area contributed by atoms with Crippen molar-refractivity contribution in [1.82, 2.24) is 4.31 Å². The molecule has 0 heterocycles. The summed E-state index contributed by atoms with van der Waals surface area (Å²) in [7, 11) is -0.352. The van der Waals surface area contributed by atoms with E-state index >= 15 is 0 Å². The molecule has 0 amide bonds. The molecule has 22 heavy (non-hydrogen) atoms. The standard InChI is InChI=1S/C16H18FNO3S/c1-18(11-13-5-9-16(21-2)10-6-13)22(19,20)12-14-3-7-15(17)8-4-14/h3-10H,11-12H2,1-2H3. The fourth-order valence-corrected chi connectivity index (χ4v) is 3.17. The first kappa shape index (κ1) is 16.5. The molecule has 0 saturated carbocycles. The summed E-state index contributed by atoms with van der Waals surface area (Å²) in [5, 5.41) is 0. The number of nitrogens with zero attached hydrogens (tertiary/aromatic N) is 1. The van der Waals surface area contributed by atoms with Crippen LogP contribution in [0.4, 0.5) is 4.39 Å². The predicted octanol–water partition coefficient (Wildman–Crippen LogP) is 2.80. The van der Waals surface area contributed by atoms with Gasteiger partial charge in [-0.3, -0.25) is 0 Å². The third kappa shape index (κ3) is 4.29. The zero-order valence-electron chi connectivity index (χ0n) is 12.5. The van der Waals surface area contributed by atoms with E-state index in [0.717, 1.165) is 11.3 Å². The van der Waals surface area contributed by atoms with E-state index in [2.05, 4.69) is 0 Å². The molecule has 0 aromatic heterocycles. The van der Waals surface area contributed by atoms with Gasteiger partial charge in [0.1, 0.15) is 11.6 Å². The number of hydrogen-bond acceptors (Lipinski definition) is 3. The number of halogens is 1. The van der Waals surface area contributed by atoms with E-state index in [-0.39, 0.29) is 18.1 Å². The van der Waals surface area contributed by atoms with Crippen LogP contribution < -0.4 is 4.74 Å². The molecule has 0 N–H and O–H groups in total. The molecule has 0 unspecified atom stereocenters. The van der Waals surface area contributed by atoms with Crippen molar-refractivity contribution in [3.8, 4) is 5.75 Å². The zero-order valence-corrected chi connectivity index (χ0v) is 13.3. The van der Waals surface area contributed by atoms with Crippen molar-refractivity contribution >= 4 is 10.0 Å². The van der Waals surface area contributed by atoms with E-state index in [1.54, 1.807) is 19.2 Å². The Labute approximate surface area is 130 Å². The van der Waals surface area contributed by atoms with E-state index in [9.17, 15) is 12.8 Å². The van der Waals surface area contributed by atoms with Crippen molar-refractivity contribution in [2.45, 2.75) is 12.3 Å². The highest BCUT2D eigenvalue weighted by atomic mass is 32.2. The maximum Gasteiger partial charge on any atom is 0.218 e. The zero-order chi connectivity index (χ0) is 16.2. The molecule has 6 heteroatoms. The van der Waals surface area contributed by atoms with Gasteiger partial charge < -0.3 is 4.74 Å². The summed E-state index contributed by atoms with van der Waals surface area (Å²) in [5.41, 5.74) is 1.42. The van der Waals surface area contributed by atoms with Gasteiger partial charge in [-0.2, -0.15) is 0 Å². The highest BCUT2D eigenvalue weighted by Crippen LogP contribution is 2.16. The number of methoxy groups -OCH3 is 1. The minimum Gasteiger partial charge on any atom is -0.497 e. The Balaban J connectivity index is 2.05. The molecule has 0 fully saturated rings. The normalized spacial score (nSPS) is 11.6. The average Bonchev–Trinajstić information content (AvgIpc) is 2.50. The van der Waals surface area contributed by atoms with Crippen LogP contribution in [0.15, 0.2) is 48.5 Å². The highest BCUT2D eigenvalue weighted by Gasteiger charge is 2.18. The van der Waals surface area contributed by atoms with Gasteiger partial charge in [-0.25, -0.2) is 17.1 Å². The molecule has 0 spiro atoms. The Morgan fingerprint density at radius 2 is 1.55 bits per heavy atom. The lowest BCUT2D eigenvalue weighted by atomic mass is 10.2. The molecule has 0 bridgehead atoms. The summed E-state index contributed by atoms with van der Waals surface area (Å²) in [6, 6.07) is 12.7. The van der Waals surface area contributed by atoms with Crippen LogP contribution in [0, 0.1) is 5.82 Å². The SMILES string of the molecule is COc1ccc(CN(C)S(=O)(=O)Cc2ccc(F)cc2)cc1. The molecule has 2 aromatic rings. The Bertz CT molecular complexity index is 712. The van der Waals surface area contributed by atoms with E-state index in [4.69, 9.17) is 4.74 Å². The first-order chi connectivity index (χ1) is 10.4. The molecule has 0 aliphatic rings. The first-order valence-corrected chi connectivity index (χ1v) is 8.33. The summed E-state index contributed by atoms with van der Waals surface area (Å²) in [6.07, 6.45) is 0. The van der Waals surface area contributed by atoms with Crippen LogP contribution in [0.5, 0.6) is 5.75 Å². The van der Waals surface area contributed by atoms with E-state index in [1.165, 1.54) is 35.6 Å². The van der Waals surface area contributed by atoms with Crippen LogP contribution in [0.25, 0.3) is 0 Å². The van der Waals surface area contributed by atoms with Crippen LogP contribution in [0.2, 0.25) is 0 Å². The average molecular weight is 323 g/mol. The first-order valence-electron chi connectivity index (χ1n) is 6.72. The summed E-state index contributed by atoms with van der Waals surface area (Å²) in [6.45, 7) is 0.271. The summed E-state index contributed by atoms with van der Waals surface area (Å²) in [5.74, 6) is 0.188. The van der Waals surface area contributed by atoms with Gasteiger partial charge in [0, 0.05) is 13.6 Å². The second-order valence-electron chi connectivity index (χ2n) is 4.99. The second kappa shape index (κ2) is 6.89. The lowest BCUT2D eigenvalue weighted by Gasteiger charge is -2.17. The van der Waals surface area contributed by atoms with Crippen molar-refractivity contribution in [1.29, 1.82) is 0 Å². The molecule has 118 valence electrons. The third-order valence-corrected chi connectivity index (χ3v) is 5.08. The van der Waals surface area contributed by atoms with Gasteiger partial charge in [0.25, 0.3) is 0 Å². The highest BCUT2D eigenvalue weighted by molar-refractivity contribution is 7.88. The molecule has 0 atom stereocenters. The van der Waals surface area contributed by atoms with Gasteiger partial charge in [-0.15, -0.1) is 0 Å². The topological polar surface area (TPSA) is 46.6 Å². The van der Waals surface area contributed by atoms with Gasteiger partial charge in [0.05, 0.1) is 12.9 Å². The minimum absolute atomic E-state index is 0.153. The molecule has 0 radical (unpaired) electrons. The molecule has 0 aliphatic carbocycles. The van der Waals surface area contributed by atoms with Gasteiger partial charge in [0.2, 0.25) is 10.0 Å². The molecular formula is C16H18FNO3S. The number of benzene rings is 2.